The molecule has 1 rings (SSSR count). The van der Waals surface area contributed by atoms with Crippen molar-refractivity contribution >= 4 is 0 Å². The van der Waals surface area contributed by atoms with Crippen LogP contribution in [0.15, 0.2) is 24.3 Å². The van der Waals surface area contributed by atoms with Gasteiger partial charge in [0.15, 0.2) is 0 Å². The summed E-state index contributed by atoms with van der Waals surface area (Å²) in [5.74, 6) is 1.06. The van der Waals surface area contributed by atoms with Crippen molar-refractivity contribution in [3.8, 4) is 5.75 Å². The molecule has 0 aliphatic carbocycles. The molecule has 0 amide bonds. The van der Waals surface area contributed by atoms with Crippen LogP contribution in [-0.2, 0) is 6.42 Å². The van der Waals surface area contributed by atoms with Crippen molar-refractivity contribution in [2.75, 3.05) is 13.2 Å². The highest BCUT2D eigenvalue weighted by atomic mass is 16.5. The van der Waals surface area contributed by atoms with Gasteiger partial charge in [-0.1, -0.05) is 39.0 Å². The van der Waals surface area contributed by atoms with Crippen LogP contribution in [0.3, 0.4) is 0 Å². The Labute approximate surface area is 118 Å². The van der Waals surface area contributed by atoms with Gasteiger partial charge in [-0.05, 0) is 50.3 Å². The minimum atomic E-state index is 0.643. The number of benzene rings is 1. The summed E-state index contributed by atoms with van der Waals surface area (Å²) in [6, 6.07) is 8.99. The minimum Gasteiger partial charge on any atom is -0.493 e. The molecule has 108 valence electrons. The van der Waals surface area contributed by atoms with Crippen molar-refractivity contribution in [2.24, 2.45) is 0 Å². The van der Waals surface area contributed by atoms with Crippen molar-refractivity contribution in [2.45, 2.75) is 58.9 Å². The molecule has 1 aromatic rings. The monoisotopic (exact) mass is 263 g/mol. The maximum Gasteiger partial charge on any atom is 0.122 e. The van der Waals surface area contributed by atoms with Crippen LogP contribution in [0.1, 0.15) is 52.0 Å². The summed E-state index contributed by atoms with van der Waals surface area (Å²) in [7, 11) is 0. The van der Waals surface area contributed by atoms with Crippen molar-refractivity contribution < 1.29 is 4.74 Å². The fourth-order valence-electron chi connectivity index (χ4n) is 2.25. The highest BCUT2D eigenvalue weighted by molar-refractivity contribution is 5.33. The third-order valence-electron chi connectivity index (χ3n) is 3.48. The normalized spacial score (nSPS) is 12.4. The molecule has 1 aromatic carbocycles. The third-order valence-corrected chi connectivity index (χ3v) is 3.48. The number of ether oxygens (including phenoxy) is 1. The van der Waals surface area contributed by atoms with Gasteiger partial charge < -0.3 is 10.1 Å². The Morgan fingerprint density at radius 1 is 1.16 bits per heavy atom. The van der Waals surface area contributed by atoms with E-state index in [4.69, 9.17) is 4.74 Å². The van der Waals surface area contributed by atoms with Gasteiger partial charge in [0.2, 0.25) is 0 Å². The summed E-state index contributed by atoms with van der Waals surface area (Å²) < 4.78 is 5.90. The van der Waals surface area contributed by atoms with E-state index in [1.807, 2.05) is 6.07 Å². The Morgan fingerprint density at radius 2 is 1.95 bits per heavy atom. The summed E-state index contributed by atoms with van der Waals surface area (Å²) in [6.07, 6.45) is 5.76. The lowest BCUT2D eigenvalue weighted by Gasteiger charge is -2.17. The number of nitrogens with one attached hydrogen (secondary N) is 1. The van der Waals surface area contributed by atoms with Crippen LogP contribution in [0.4, 0.5) is 0 Å². The molecule has 1 atom stereocenters. The summed E-state index contributed by atoms with van der Waals surface area (Å²) in [5, 5.41) is 3.58. The highest BCUT2D eigenvalue weighted by Crippen LogP contribution is 2.18. The lowest BCUT2D eigenvalue weighted by Crippen LogP contribution is -2.29. The van der Waals surface area contributed by atoms with Crippen LogP contribution in [0.5, 0.6) is 5.75 Å². The van der Waals surface area contributed by atoms with Crippen molar-refractivity contribution in [1.82, 2.24) is 5.32 Å². The molecule has 0 saturated carbocycles. The van der Waals surface area contributed by atoms with Gasteiger partial charge in [-0.25, -0.2) is 0 Å². The first-order valence-electron chi connectivity index (χ1n) is 7.75. The molecular weight excluding hydrogens is 234 g/mol. The molecule has 0 fully saturated rings. The Bertz CT molecular complexity index is 338. The Kier molecular flexibility index (Phi) is 8.31. The van der Waals surface area contributed by atoms with Crippen LogP contribution in [0.2, 0.25) is 0 Å². The maximum atomic E-state index is 5.90. The first-order chi connectivity index (χ1) is 9.31. The molecule has 1 N–H and O–H groups in total. The SMILES string of the molecule is CCCNC(CC)CCCOc1ccccc1CC. The predicted molar refractivity (Wildman–Crippen MR) is 82.9 cm³/mol. The molecule has 2 nitrogen and oxygen atoms in total. The molecule has 0 aliphatic heterocycles. The Balaban J connectivity index is 2.26. The second-order valence-electron chi connectivity index (χ2n) is 5.01. The summed E-state index contributed by atoms with van der Waals surface area (Å²) in [4.78, 5) is 0. The predicted octanol–water partition coefficient (Wildman–Crippen LogP) is 4.19. The number of aryl methyl sites for hydroxylation is 1. The lowest BCUT2D eigenvalue weighted by atomic mass is 10.1. The van der Waals surface area contributed by atoms with E-state index in [1.54, 1.807) is 0 Å². The second-order valence-corrected chi connectivity index (χ2v) is 5.01. The summed E-state index contributed by atoms with van der Waals surface area (Å²) >= 11 is 0. The van der Waals surface area contributed by atoms with Gasteiger partial charge in [-0.2, -0.15) is 0 Å². The molecule has 0 radical (unpaired) electrons. The van der Waals surface area contributed by atoms with Crippen molar-refractivity contribution in [3.63, 3.8) is 0 Å². The van der Waals surface area contributed by atoms with Crippen LogP contribution >= 0.6 is 0 Å². The van der Waals surface area contributed by atoms with E-state index in [9.17, 15) is 0 Å². The number of rotatable bonds is 10. The van der Waals surface area contributed by atoms with Gasteiger partial charge in [0.05, 0.1) is 6.61 Å². The van der Waals surface area contributed by atoms with Crippen LogP contribution in [-0.4, -0.2) is 19.2 Å². The average molecular weight is 263 g/mol. The van der Waals surface area contributed by atoms with E-state index in [2.05, 4.69) is 44.3 Å². The quantitative estimate of drug-likeness (QED) is 0.639. The standard InChI is InChI=1S/C17H29NO/c1-4-13-18-16(6-3)11-9-14-19-17-12-8-7-10-15(17)5-2/h7-8,10,12,16,18H,4-6,9,11,13-14H2,1-3H3. The molecular formula is C17H29NO. The smallest absolute Gasteiger partial charge is 0.122 e. The topological polar surface area (TPSA) is 21.3 Å². The third kappa shape index (κ3) is 6.11. The molecule has 19 heavy (non-hydrogen) atoms. The van der Waals surface area contributed by atoms with Gasteiger partial charge in [-0.3, -0.25) is 0 Å². The zero-order chi connectivity index (χ0) is 13.9. The van der Waals surface area contributed by atoms with Crippen LogP contribution in [0.25, 0.3) is 0 Å². The minimum absolute atomic E-state index is 0.643. The fourth-order valence-corrected chi connectivity index (χ4v) is 2.25. The second kappa shape index (κ2) is 9.85. The van der Waals surface area contributed by atoms with Gasteiger partial charge in [0.25, 0.3) is 0 Å². The van der Waals surface area contributed by atoms with Crippen LogP contribution < -0.4 is 10.1 Å². The van der Waals surface area contributed by atoms with E-state index in [1.165, 1.54) is 24.8 Å². The summed E-state index contributed by atoms with van der Waals surface area (Å²) in [6.45, 7) is 8.58. The Morgan fingerprint density at radius 3 is 2.63 bits per heavy atom. The zero-order valence-electron chi connectivity index (χ0n) is 12.7. The zero-order valence-corrected chi connectivity index (χ0v) is 12.7. The fraction of sp³-hybridized carbons (Fsp3) is 0.647. The molecule has 0 spiro atoms. The molecule has 0 saturated heterocycles. The number of para-hydroxylation sites is 1. The van der Waals surface area contributed by atoms with E-state index < -0.39 is 0 Å². The highest BCUT2D eigenvalue weighted by Gasteiger charge is 2.05. The summed E-state index contributed by atoms with van der Waals surface area (Å²) in [5.41, 5.74) is 1.30. The molecule has 0 aliphatic rings. The van der Waals surface area contributed by atoms with E-state index in [0.29, 0.717) is 6.04 Å². The van der Waals surface area contributed by atoms with Crippen molar-refractivity contribution in [1.29, 1.82) is 0 Å². The van der Waals surface area contributed by atoms with E-state index in [-0.39, 0.29) is 0 Å². The average Bonchev–Trinajstić information content (AvgIpc) is 2.47. The first-order valence-corrected chi connectivity index (χ1v) is 7.75. The molecule has 0 aromatic heterocycles. The van der Waals surface area contributed by atoms with Crippen LogP contribution in [0, 0.1) is 0 Å². The molecule has 0 heterocycles. The maximum absolute atomic E-state index is 5.90. The van der Waals surface area contributed by atoms with Gasteiger partial charge in [-0.15, -0.1) is 0 Å². The number of hydrogen-bond acceptors (Lipinski definition) is 2. The molecule has 1 unspecified atom stereocenters. The largest absolute Gasteiger partial charge is 0.493 e. The van der Waals surface area contributed by atoms with Gasteiger partial charge in [0, 0.05) is 6.04 Å². The first kappa shape index (κ1) is 16.0. The number of hydrogen-bond donors (Lipinski definition) is 1. The van der Waals surface area contributed by atoms with E-state index in [0.717, 1.165) is 31.7 Å². The molecule has 0 bridgehead atoms. The van der Waals surface area contributed by atoms with Gasteiger partial charge >= 0.3 is 0 Å². The molecule has 2 heteroatoms. The van der Waals surface area contributed by atoms with Crippen molar-refractivity contribution in [3.05, 3.63) is 29.8 Å². The van der Waals surface area contributed by atoms with E-state index >= 15 is 0 Å². The van der Waals surface area contributed by atoms with Gasteiger partial charge in [0.1, 0.15) is 5.75 Å². The Hall–Kier alpha value is -1.02. The lowest BCUT2D eigenvalue weighted by molar-refractivity contribution is 0.292.